The summed E-state index contributed by atoms with van der Waals surface area (Å²) in [6.07, 6.45) is -1.50. The van der Waals surface area contributed by atoms with Crippen molar-refractivity contribution in [2.75, 3.05) is 12.9 Å². The first-order valence-electron chi connectivity index (χ1n) is 9.85. The zero-order valence-corrected chi connectivity index (χ0v) is 18.6. The molecule has 0 aliphatic heterocycles. The van der Waals surface area contributed by atoms with Gasteiger partial charge in [-0.2, -0.15) is 13.2 Å². The number of ketones is 1. The second-order valence-electron chi connectivity index (χ2n) is 7.73. The molecular formula is C24H24F3NO3S. The average molecular weight is 464 g/mol. The van der Waals surface area contributed by atoms with Gasteiger partial charge in [-0.15, -0.1) is 0 Å². The molecule has 1 aromatic heterocycles. The van der Waals surface area contributed by atoms with Crippen LogP contribution in [-0.2, 0) is 28.7 Å². The van der Waals surface area contributed by atoms with E-state index in [1.165, 1.54) is 35.2 Å². The van der Waals surface area contributed by atoms with Crippen molar-refractivity contribution in [1.29, 1.82) is 0 Å². The maximum absolute atomic E-state index is 13.6. The predicted molar refractivity (Wildman–Crippen MR) is 121 cm³/mol. The van der Waals surface area contributed by atoms with Gasteiger partial charge >= 0.3 is 6.18 Å². The molecule has 32 heavy (non-hydrogen) atoms. The highest BCUT2D eigenvalue weighted by atomic mass is 32.2. The van der Waals surface area contributed by atoms with Crippen molar-refractivity contribution in [3.63, 3.8) is 0 Å². The Morgan fingerprint density at radius 2 is 1.75 bits per heavy atom. The molecule has 0 saturated heterocycles. The van der Waals surface area contributed by atoms with Crippen molar-refractivity contribution >= 4 is 21.2 Å². The SMILES string of the molecule is C=S(C)(=O)c1ccc(CC(=O)c2cn(CCO)c(-c3ccccc3C(F)(F)F)c2C)cc1. The minimum Gasteiger partial charge on any atom is -0.395 e. The highest BCUT2D eigenvalue weighted by Crippen LogP contribution is 2.39. The normalized spacial score (nSPS) is 13.7. The second kappa shape index (κ2) is 8.96. The molecule has 0 radical (unpaired) electrons. The number of carbonyl (C=O) groups excluding carboxylic acids is 1. The first-order chi connectivity index (χ1) is 14.9. The Hall–Kier alpha value is -2.84. The lowest BCUT2D eigenvalue weighted by atomic mass is 9.97. The molecule has 1 atom stereocenters. The van der Waals surface area contributed by atoms with E-state index in [2.05, 4.69) is 5.87 Å². The van der Waals surface area contributed by atoms with Gasteiger partial charge in [0.05, 0.1) is 17.9 Å². The molecule has 0 fully saturated rings. The molecule has 1 unspecified atom stereocenters. The van der Waals surface area contributed by atoms with E-state index in [4.69, 9.17) is 0 Å². The molecule has 8 heteroatoms. The summed E-state index contributed by atoms with van der Waals surface area (Å²) in [5.41, 5.74) is 0.827. The van der Waals surface area contributed by atoms with E-state index < -0.39 is 21.3 Å². The molecule has 2 aromatic carbocycles. The van der Waals surface area contributed by atoms with Gasteiger partial charge in [-0.1, -0.05) is 30.3 Å². The van der Waals surface area contributed by atoms with Crippen molar-refractivity contribution in [2.45, 2.75) is 31.0 Å². The van der Waals surface area contributed by atoms with E-state index in [1.54, 1.807) is 31.2 Å². The van der Waals surface area contributed by atoms with E-state index in [1.807, 2.05) is 0 Å². The lowest BCUT2D eigenvalue weighted by Gasteiger charge is -2.15. The van der Waals surface area contributed by atoms with Gasteiger partial charge in [0.1, 0.15) is 0 Å². The smallest absolute Gasteiger partial charge is 0.395 e. The third-order valence-electron chi connectivity index (χ3n) is 5.25. The summed E-state index contributed by atoms with van der Waals surface area (Å²) >= 11 is 0. The monoisotopic (exact) mass is 463 g/mol. The third kappa shape index (κ3) is 4.97. The molecule has 0 amide bonds. The molecule has 4 nitrogen and oxygen atoms in total. The molecule has 3 rings (SSSR count). The van der Waals surface area contributed by atoms with E-state index in [9.17, 15) is 27.3 Å². The highest BCUT2D eigenvalue weighted by Gasteiger charge is 2.35. The van der Waals surface area contributed by atoms with Crippen LogP contribution in [0.1, 0.15) is 27.0 Å². The molecular weight excluding hydrogens is 439 g/mol. The van der Waals surface area contributed by atoms with Gasteiger partial charge in [-0.25, -0.2) is 0 Å². The van der Waals surface area contributed by atoms with E-state index in [-0.39, 0.29) is 36.6 Å². The van der Waals surface area contributed by atoms with Crippen LogP contribution < -0.4 is 0 Å². The van der Waals surface area contributed by atoms with Gasteiger partial charge in [-0.05, 0) is 51.6 Å². The van der Waals surface area contributed by atoms with E-state index >= 15 is 0 Å². The summed E-state index contributed by atoms with van der Waals surface area (Å²) < 4.78 is 54.3. The number of aromatic nitrogens is 1. The lowest BCUT2D eigenvalue weighted by molar-refractivity contribution is -0.137. The van der Waals surface area contributed by atoms with E-state index in [0.29, 0.717) is 21.6 Å². The molecule has 1 heterocycles. The Morgan fingerprint density at radius 1 is 1.12 bits per heavy atom. The number of benzene rings is 2. The number of aliphatic hydroxyl groups excluding tert-OH is 1. The zero-order valence-electron chi connectivity index (χ0n) is 17.8. The molecule has 0 saturated carbocycles. The number of nitrogens with zero attached hydrogens (tertiary/aromatic N) is 1. The Bertz CT molecular complexity index is 1240. The molecule has 170 valence electrons. The van der Waals surface area contributed by atoms with Gasteiger partial charge in [0.25, 0.3) is 0 Å². The number of halogens is 3. The van der Waals surface area contributed by atoms with Crippen LogP contribution in [-0.4, -0.2) is 38.4 Å². The minimum absolute atomic E-state index is 0.0344. The van der Waals surface area contributed by atoms with Gasteiger partial charge < -0.3 is 9.67 Å². The fraction of sp³-hybridized carbons (Fsp3) is 0.250. The van der Waals surface area contributed by atoms with Gasteiger partial charge in [0, 0.05) is 41.4 Å². The van der Waals surface area contributed by atoms with Crippen LogP contribution in [0.4, 0.5) is 13.2 Å². The Labute approximate surface area is 185 Å². The Balaban J connectivity index is 2.02. The van der Waals surface area contributed by atoms with Crippen molar-refractivity contribution in [3.05, 3.63) is 77.0 Å². The van der Waals surface area contributed by atoms with Crippen LogP contribution in [0.5, 0.6) is 0 Å². The predicted octanol–water partition coefficient (Wildman–Crippen LogP) is 4.61. The summed E-state index contributed by atoms with van der Waals surface area (Å²) in [5.74, 6) is 3.37. The fourth-order valence-corrected chi connectivity index (χ4v) is 4.41. The number of hydrogen-bond donors (Lipinski definition) is 1. The van der Waals surface area contributed by atoms with Crippen LogP contribution in [0.2, 0.25) is 0 Å². The van der Waals surface area contributed by atoms with Crippen LogP contribution in [0.25, 0.3) is 11.3 Å². The number of Topliss-reactive ketones (excluding diaryl/α,β-unsaturated/α-hetero) is 1. The number of carbonyl (C=O) groups is 1. The third-order valence-corrected chi connectivity index (χ3v) is 6.52. The zero-order chi connectivity index (χ0) is 23.7. The molecule has 0 bridgehead atoms. The Kier molecular flexibility index (Phi) is 6.67. The van der Waals surface area contributed by atoms with Crippen molar-refractivity contribution in [3.8, 4) is 11.3 Å². The van der Waals surface area contributed by atoms with Crippen LogP contribution >= 0.6 is 0 Å². The summed E-state index contributed by atoms with van der Waals surface area (Å²) in [7, 11) is -2.37. The van der Waals surface area contributed by atoms with E-state index in [0.717, 1.165) is 6.07 Å². The largest absolute Gasteiger partial charge is 0.417 e. The quantitative estimate of drug-likeness (QED) is 0.411. The summed E-state index contributed by atoms with van der Waals surface area (Å²) in [4.78, 5) is 13.6. The number of hydrogen-bond acceptors (Lipinski definition) is 3. The van der Waals surface area contributed by atoms with Gasteiger partial charge in [0.15, 0.2) is 5.78 Å². The standard InChI is InChI=1S/C24H24F3NO3S/c1-16-20(22(30)14-17-8-10-18(11-9-17)32(2,3)31)15-28(12-13-29)23(16)19-6-4-5-7-21(19)24(25,26)27/h4-11,15,29H,2,12-14H2,1,3H3. The first kappa shape index (κ1) is 23.8. The second-order valence-corrected chi connectivity index (χ2v) is 10.2. The van der Waals surface area contributed by atoms with Crippen LogP contribution in [0.3, 0.4) is 0 Å². The van der Waals surface area contributed by atoms with Crippen LogP contribution in [0.15, 0.2) is 59.6 Å². The van der Waals surface area contributed by atoms with Gasteiger partial charge in [-0.3, -0.25) is 9.00 Å². The summed E-state index contributed by atoms with van der Waals surface area (Å²) in [5, 5.41) is 9.43. The highest BCUT2D eigenvalue weighted by molar-refractivity contribution is 7.99. The van der Waals surface area contributed by atoms with Crippen molar-refractivity contribution in [2.24, 2.45) is 0 Å². The molecule has 1 N–H and O–H groups in total. The number of aliphatic hydroxyl groups is 1. The number of rotatable bonds is 7. The van der Waals surface area contributed by atoms with Gasteiger partial charge in [0.2, 0.25) is 0 Å². The maximum Gasteiger partial charge on any atom is 0.417 e. The molecule has 0 aliphatic carbocycles. The topological polar surface area (TPSA) is 59.3 Å². The maximum atomic E-state index is 13.6. The lowest BCUT2D eigenvalue weighted by Crippen LogP contribution is -2.10. The van der Waals surface area contributed by atoms with Crippen molar-refractivity contribution in [1.82, 2.24) is 4.57 Å². The first-order valence-corrected chi connectivity index (χ1v) is 12.0. The van der Waals surface area contributed by atoms with Crippen LogP contribution in [0, 0.1) is 6.92 Å². The fourth-order valence-electron chi connectivity index (χ4n) is 3.69. The average Bonchev–Trinajstić information content (AvgIpc) is 3.03. The molecule has 0 spiro atoms. The molecule has 3 aromatic rings. The Morgan fingerprint density at radius 3 is 2.31 bits per heavy atom. The minimum atomic E-state index is -4.56. The number of alkyl halides is 3. The summed E-state index contributed by atoms with van der Waals surface area (Å²) in [6, 6.07) is 11.9. The molecule has 0 aliphatic rings. The van der Waals surface area contributed by atoms with Crippen molar-refractivity contribution < 1.29 is 27.3 Å². The summed E-state index contributed by atoms with van der Waals surface area (Å²) in [6.45, 7) is 1.38.